The maximum atomic E-state index is 10.4. The summed E-state index contributed by atoms with van der Waals surface area (Å²) in [4.78, 5) is 17.0. The van der Waals surface area contributed by atoms with Crippen LogP contribution in [0.4, 0.5) is 0 Å². The van der Waals surface area contributed by atoms with Gasteiger partial charge in [-0.15, -0.1) is 11.3 Å². The molecule has 0 saturated heterocycles. The molecule has 0 aromatic carbocycles. The zero-order valence-electron chi connectivity index (χ0n) is 7.24. The first-order chi connectivity index (χ1) is 6.22. The van der Waals surface area contributed by atoms with E-state index in [0.717, 1.165) is 9.75 Å². The SMILES string of the molecule is CONCc1ccc(CC(=O)O)s1. The Morgan fingerprint density at radius 1 is 1.62 bits per heavy atom. The van der Waals surface area contributed by atoms with Crippen LogP contribution in [0.3, 0.4) is 0 Å². The first kappa shape index (κ1) is 10.2. The molecule has 2 N–H and O–H groups in total. The van der Waals surface area contributed by atoms with E-state index in [2.05, 4.69) is 10.3 Å². The molecule has 0 aliphatic carbocycles. The van der Waals surface area contributed by atoms with Gasteiger partial charge in [-0.2, -0.15) is 5.48 Å². The number of nitrogens with one attached hydrogen (secondary N) is 1. The molecule has 1 aromatic rings. The van der Waals surface area contributed by atoms with Crippen molar-refractivity contribution in [2.24, 2.45) is 0 Å². The molecular weight excluding hydrogens is 190 g/mol. The molecule has 1 aromatic heterocycles. The van der Waals surface area contributed by atoms with Crippen LogP contribution in [0, 0.1) is 0 Å². The molecule has 0 atom stereocenters. The number of rotatable bonds is 5. The molecule has 13 heavy (non-hydrogen) atoms. The third-order valence-corrected chi connectivity index (χ3v) is 2.52. The van der Waals surface area contributed by atoms with Crippen LogP contribution in [-0.2, 0) is 22.6 Å². The van der Waals surface area contributed by atoms with E-state index in [4.69, 9.17) is 5.11 Å². The monoisotopic (exact) mass is 201 g/mol. The van der Waals surface area contributed by atoms with Crippen LogP contribution in [0.1, 0.15) is 9.75 Å². The number of carboxylic acids is 1. The van der Waals surface area contributed by atoms with E-state index in [0.29, 0.717) is 6.54 Å². The first-order valence-electron chi connectivity index (χ1n) is 3.77. The Labute approximate surface area is 80.1 Å². The molecule has 0 fully saturated rings. The van der Waals surface area contributed by atoms with Gasteiger partial charge in [0.25, 0.3) is 0 Å². The zero-order chi connectivity index (χ0) is 9.68. The Balaban J connectivity index is 2.48. The van der Waals surface area contributed by atoms with E-state index in [-0.39, 0.29) is 6.42 Å². The lowest BCUT2D eigenvalue weighted by Gasteiger charge is -1.96. The Kier molecular flexibility index (Phi) is 3.88. The Morgan fingerprint density at radius 3 is 2.92 bits per heavy atom. The lowest BCUT2D eigenvalue weighted by atomic mass is 10.3. The predicted octanol–water partition coefficient (Wildman–Crippen LogP) is 1.03. The van der Waals surface area contributed by atoms with Gasteiger partial charge in [0.15, 0.2) is 0 Å². The third-order valence-electron chi connectivity index (χ3n) is 1.43. The van der Waals surface area contributed by atoms with E-state index >= 15 is 0 Å². The number of hydrogen-bond donors (Lipinski definition) is 2. The Hall–Kier alpha value is -0.910. The number of aliphatic carboxylic acids is 1. The molecule has 1 heterocycles. The van der Waals surface area contributed by atoms with E-state index in [1.807, 2.05) is 12.1 Å². The normalized spacial score (nSPS) is 10.2. The molecule has 4 nitrogen and oxygen atoms in total. The van der Waals surface area contributed by atoms with Crippen LogP contribution >= 0.6 is 11.3 Å². The van der Waals surface area contributed by atoms with Gasteiger partial charge in [0.2, 0.25) is 0 Å². The maximum absolute atomic E-state index is 10.4. The van der Waals surface area contributed by atoms with Crippen LogP contribution < -0.4 is 5.48 Å². The van der Waals surface area contributed by atoms with Gasteiger partial charge in [-0.3, -0.25) is 4.79 Å². The Morgan fingerprint density at radius 2 is 2.31 bits per heavy atom. The van der Waals surface area contributed by atoms with Crippen molar-refractivity contribution in [2.45, 2.75) is 13.0 Å². The topological polar surface area (TPSA) is 58.6 Å². The second kappa shape index (κ2) is 4.96. The predicted molar refractivity (Wildman–Crippen MR) is 49.5 cm³/mol. The highest BCUT2D eigenvalue weighted by molar-refractivity contribution is 7.12. The number of hydroxylamine groups is 1. The van der Waals surface area contributed by atoms with E-state index in [1.54, 1.807) is 7.11 Å². The fraction of sp³-hybridized carbons (Fsp3) is 0.375. The minimum atomic E-state index is -0.798. The quantitative estimate of drug-likeness (QED) is 0.698. The highest BCUT2D eigenvalue weighted by Crippen LogP contribution is 2.16. The van der Waals surface area contributed by atoms with Crippen LogP contribution in [-0.4, -0.2) is 18.2 Å². The van der Waals surface area contributed by atoms with Crippen molar-refractivity contribution >= 4 is 17.3 Å². The van der Waals surface area contributed by atoms with Crippen LogP contribution in [0.2, 0.25) is 0 Å². The van der Waals surface area contributed by atoms with Gasteiger partial charge in [0, 0.05) is 9.75 Å². The summed E-state index contributed by atoms with van der Waals surface area (Å²) in [7, 11) is 1.55. The average molecular weight is 201 g/mol. The summed E-state index contributed by atoms with van der Waals surface area (Å²) in [5.41, 5.74) is 2.69. The van der Waals surface area contributed by atoms with E-state index in [1.165, 1.54) is 11.3 Å². The van der Waals surface area contributed by atoms with Gasteiger partial charge in [-0.1, -0.05) is 0 Å². The van der Waals surface area contributed by atoms with E-state index in [9.17, 15) is 4.79 Å². The van der Waals surface area contributed by atoms with Crippen LogP contribution in [0.15, 0.2) is 12.1 Å². The summed E-state index contributed by atoms with van der Waals surface area (Å²) < 4.78 is 0. The molecule has 72 valence electrons. The summed E-state index contributed by atoms with van der Waals surface area (Å²) in [5, 5.41) is 8.52. The fourth-order valence-corrected chi connectivity index (χ4v) is 1.84. The van der Waals surface area contributed by atoms with Crippen molar-refractivity contribution in [3.63, 3.8) is 0 Å². The van der Waals surface area contributed by atoms with Crippen molar-refractivity contribution in [3.8, 4) is 0 Å². The van der Waals surface area contributed by atoms with Crippen LogP contribution in [0.25, 0.3) is 0 Å². The third kappa shape index (κ3) is 3.54. The van der Waals surface area contributed by atoms with Gasteiger partial charge in [0.05, 0.1) is 20.1 Å². The van der Waals surface area contributed by atoms with Crippen molar-refractivity contribution < 1.29 is 14.7 Å². The Bertz CT molecular complexity index is 285. The second-order valence-corrected chi connectivity index (χ2v) is 3.72. The standard InChI is InChI=1S/C8H11NO3S/c1-12-9-5-7-3-2-6(13-7)4-8(10)11/h2-3,9H,4-5H2,1H3,(H,10,11). The van der Waals surface area contributed by atoms with Crippen LogP contribution in [0.5, 0.6) is 0 Å². The van der Waals surface area contributed by atoms with Crippen molar-refractivity contribution in [1.29, 1.82) is 0 Å². The molecule has 0 unspecified atom stereocenters. The molecule has 0 spiro atoms. The molecular formula is C8H11NO3S. The summed E-state index contributed by atoms with van der Waals surface area (Å²) in [6.07, 6.45) is 0.0949. The fourth-order valence-electron chi connectivity index (χ4n) is 0.905. The highest BCUT2D eigenvalue weighted by Gasteiger charge is 2.03. The average Bonchev–Trinajstić information content (AvgIpc) is 2.48. The number of thiophene rings is 1. The molecule has 0 radical (unpaired) electrons. The number of carbonyl (C=O) groups is 1. The molecule has 1 rings (SSSR count). The molecule has 0 aliphatic rings. The lowest BCUT2D eigenvalue weighted by molar-refractivity contribution is -0.136. The zero-order valence-corrected chi connectivity index (χ0v) is 8.06. The van der Waals surface area contributed by atoms with Crippen molar-refractivity contribution in [3.05, 3.63) is 21.9 Å². The van der Waals surface area contributed by atoms with Crippen molar-refractivity contribution in [1.82, 2.24) is 5.48 Å². The summed E-state index contributed by atoms with van der Waals surface area (Å²) in [6, 6.07) is 3.72. The smallest absolute Gasteiger partial charge is 0.308 e. The molecule has 5 heteroatoms. The summed E-state index contributed by atoms with van der Waals surface area (Å²) in [5.74, 6) is -0.798. The first-order valence-corrected chi connectivity index (χ1v) is 4.59. The minimum Gasteiger partial charge on any atom is -0.481 e. The van der Waals surface area contributed by atoms with Gasteiger partial charge < -0.3 is 9.94 Å². The minimum absolute atomic E-state index is 0.0949. The largest absolute Gasteiger partial charge is 0.481 e. The van der Waals surface area contributed by atoms with E-state index < -0.39 is 5.97 Å². The van der Waals surface area contributed by atoms with Crippen molar-refractivity contribution in [2.75, 3.05) is 7.11 Å². The second-order valence-electron chi connectivity index (χ2n) is 2.46. The molecule has 0 amide bonds. The number of hydrogen-bond acceptors (Lipinski definition) is 4. The highest BCUT2D eigenvalue weighted by atomic mass is 32.1. The maximum Gasteiger partial charge on any atom is 0.308 e. The lowest BCUT2D eigenvalue weighted by Crippen LogP contribution is -2.09. The van der Waals surface area contributed by atoms with Gasteiger partial charge >= 0.3 is 5.97 Å². The summed E-state index contributed by atoms with van der Waals surface area (Å²) in [6.45, 7) is 0.612. The van der Waals surface area contributed by atoms with Gasteiger partial charge in [-0.25, -0.2) is 0 Å². The molecule has 0 saturated carbocycles. The molecule has 0 bridgehead atoms. The summed E-state index contributed by atoms with van der Waals surface area (Å²) >= 11 is 1.48. The molecule has 0 aliphatic heterocycles. The van der Waals surface area contributed by atoms with Gasteiger partial charge in [-0.05, 0) is 12.1 Å². The van der Waals surface area contributed by atoms with Gasteiger partial charge in [0.1, 0.15) is 0 Å². The number of carboxylic acid groups (broad SMARTS) is 1.